The van der Waals surface area contributed by atoms with Crippen molar-refractivity contribution in [3.8, 4) is 11.8 Å². The molecule has 1 aromatic heterocycles. The number of aromatic nitrogens is 2. The van der Waals surface area contributed by atoms with E-state index in [-0.39, 0.29) is 11.4 Å². The van der Waals surface area contributed by atoms with Crippen molar-refractivity contribution in [2.75, 3.05) is 0 Å². The van der Waals surface area contributed by atoms with Gasteiger partial charge in [0.25, 0.3) is 0 Å². The van der Waals surface area contributed by atoms with E-state index in [0.29, 0.717) is 5.57 Å². The molecule has 0 saturated heterocycles. The second-order valence-corrected chi connectivity index (χ2v) is 5.11. The third-order valence-electron chi connectivity index (χ3n) is 3.03. The summed E-state index contributed by atoms with van der Waals surface area (Å²) in [6.07, 6.45) is -0.582. The summed E-state index contributed by atoms with van der Waals surface area (Å²) in [6.45, 7) is 10.2. The van der Waals surface area contributed by atoms with Crippen molar-refractivity contribution >= 4 is 18.2 Å². The molecule has 1 atom stereocenters. The molecule has 0 aliphatic rings. The van der Waals surface area contributed by atoms with Crippen LogP contribution in [0, 0.1) is 11.8 Å². The summed E-state index contributed by atoms with van der Waals surface area (Å²) >= 11 is 0. The summed E-state index contributed by atoms with van der Waals surface area (Å²) in [6, 6.07) is -0.909. The molecule has 0 aromatic carbocycles. The van der Waals surface area contributed by atoms with Crippen LogP contribution in [0.15, 0.2) is 24.9 Å². The van der Waals surface area contributed by atoms with Crippen molar-refractivity contribution in [2.24, 2.45) is 7.05 Å². The molecule has 0 aliphatic carbocycles. The highest BCUT2D eigenvalue weighted by Gasteiger charge is 2.37. The second-order valence-electron chi connectivity index (χ2n) is 5.11. The molecule has 0 fully saturated rings. The molecule has 2 amide bonds. The van der Waals surface area contributed by atoms with Gasteiger partial charge in [-0.05, 0) is 32.2 Å². The van der Waals surface area contributed by atoms with Crippen LogP contribution in [0.25, 0.3) is 12.2 Å². The lowest BCUT2D eigenvalue weighted by Gasteiger charge is -2.07. The highest BCUT2D eigenvalue weighted by Crippen LogP contribution is 2.30. The number of alkyl halides is 3. The summed E-state index contributed by atoms with van der Waals surface area (Å²) in [7, 11) is 1.28. The Labute approximate surface area is 144 Å². The Hall–Kier alpha value is -2.95. The van der Waals surface area contributed by atoms with Gasteiger partial charge in [0.05, 0.1) is 17.4 Å². The minimum absolute atomic E-state index is 0.118. The lowest BCUT2D eigenvalue weighted by Crippen LogP contribution is -2.37. The molecule has 0 bridgehead atoms. The number of hydrogen-bond donors (Lipinski definition) is 2. The molecule has 8 heteroatoms. The van der Waals surface area contributed by atoms with Crippen LogP contribution >= 0.6 is 0 Å². The largest absolute Gasteiger partial charge is 0.449 e. The number of nitrogens with zero attached hydrogens (tertiary/aromatic N) is 2. The highest BCUT2D eigenvalue weighted by atomic mass is 19.4. The van der Waals surface area contributed by atoms with E-state index in [9.17, 15) is 18.0 Å². The van der Waals surface area contributed by atoms with Crippen LogP contribution in [0.5, 0.6) is 0 Å². The van der Waals surface area contributed by atoms with Crippen molar-refractivity contribution in [3.63, 3.8) is 0 Å². The van der Waals surface area contributed by atoms with E-state index in [1.165, 1.54) is 25.4 Å². The fourth-order valence-corrected chi connectivity index (χ4v) is 1.94. The first-order valence-corrected chi connectivity index (χ1v) is 7.24. The zero-order valence-corrected chi connectivity index (χ0v) is 14.2. The minimum atomic E-state index is -4.56. The maximum Gasteiger partial charge on any atom is 0.449 e. The SMILES string of the molecule is C=CNC(=O)NC(C)C#C/C(C)=C/c1c(C=C)nc(C(F)(F)F)n1C. The zero-order valence-electron chi connectivity index (χ0n) is 14.2. The lowest BCUT2D eigenvalue weighted by atomic mass is 10.2. The van der Waals surface area contributed by atoms with Gasteiger partial charge < -0.3 is 15.2 Å². The molecule has 1 heterocycles. The van der Waals surface area contributed by atoms with Crippen molar-refractivity contribution in [1.82, 2.24) is 20.2 Å². The van der Waals surface area contributed by atoms with Gasteiger partial charge in [0.15, 0.2) is 0 Å². The van der Waals surface area contributed by atoms with Crippen LogP contribution < -0.4 is 10.6 Å². The van der Waals surface area contributed by atoms with Gasteiger partial charge in [0.2, 0.25) is 5.82 Å². The Balaban J connectivity index is 3.06. The topological polar surface area (TPSA) is 59.0 Å². The predicted octanol–water partition coefficient (Wildman–Crippen LogP) is 3.32. The molecular formula is C17H19F3N4O. The fraction of sp³-hybridized carbons (Fsp3) is 0.294. The number of nitrogens with one attached hydrogen (secondary N) is 2. The van der Waals surface area contributed by atoms with Crippen LogP contribution in [0.3, 0.4) is 0 Å². The molecule has 1 unspecified atom stereocenters. The van der Waals surface area contributed by atoms with Gasteiger partial charge in [-0.2, -0.15) is 13.2 Å². The molecule has 0 aliphatic heterocycles. The summed E-state index contributed by atoms with van der Waals surface area (Å²) in [5.41, 5.74) is 0.879. The van der Waals surface area contributed by atoms with Crippen molar-refractivity contribution < 1.29 is 18.0 Å². The van der Waals surface area contributed by atoms with E-state index >= 15 is 0 Å². The smallest absolute Gasteiger partial charge is 0.325 e. The summed E-state index contributed by atoms with van der Waals surface area (Å²) in [4.78, 5) is 14.9. The molecule has 2 N–H and O–H groups in total. The van der Waals surface area contributed by atoms with Gasteiger partial charge in [-0.3, -0.25) is 0 Å². The molecule has 134 valence electrons. The summed E-state index contributed by atoms with van der Waals surface area (Å²) in [5, 5.41) is 4.90. The number of carbonyl (C=O) groups is 1. The third kappa shape index (κ3) is 5.57. The Bertz CT molecular complexity index is 763. The van der Waals surface area contributed by atoms with Gasteiger partial charge >= 0.3 is 12.2 Å². The van der Waals surface area contributed by atoms with E-state index < -0.39 is 24.1 Å². The molecule has 25 heavy (non-hydrogen) atoms. The van der Waals surface area contributed by atoms with Crippen LogP contribution in [0.4, 0.5) is 18.0 Å². The van der Waals surface area contributed by atoms with Crippen LogP contribution in [-0.4, -0.2) is 21.6 Å². The lowest BCUT2D eigenvalue weighted by molar-refractivity contribution is -0.146. The van der Waals surface area contributed by atoms with Crippen molar-refractivity contribution in [1.29, 1.82) is 0 Å². The van der Waals surface area contributed by atoms with Crippen molar-refractivity contribution in [3.05, 3.63) is 42.1 Å². The molecule has 1 aromatic rings. The summed E-state index contributed by atoms with van der Waals surface area (Å²) < 4.78 is 39.7. The van der Waals surface area contributed by atoms with Crippen LogP contribution in [-0.2, 0) is 13.2 Å². The maximum atomic E-state index is 12.9. The average molecular weight is 352 g/mol. The minimum Gasteiger partial charge on any atom is -0.325 e. The van der Waals surface area contributed by atoms with Gasteiger partial charge in [-0.25, -0.2) is 9.78 Å². The first kappa shape index (κ1) is 20.1. The predicted molar refractivity (Wildman–Crippen MR) is 91.1 cm³/mol. The quantitative estimate of drug-likeness (QED) is 0.817. The zero-order chi connectivity index (χ0) is 19.2. The summed E-state index contributed by atoms with van der Waals surface area (Å²) in [5.74, 6) is 4.57. The van der Waals surface area contributed by atoms with Crippen LogP contribution in [0.1, 0.15) is 31.1 Å². The van der Waals surface area contributed by atoms with E-state index in [0.717, 1.165) is 4.57 Å². The normalized spacial score (nSPS) is 12.6. The van der Waals surface area contributed by atoms with E-state index in [2.05, 4.69) is 40.6 Å². The highest BCUT2D eigenvalue weighted by molar-refractivity contribution is 5.75. The Morgan fingerprint density at radius 2 is 2.04 bits per heavy atom. The monoisotopic (exact) mass is 352 g/mol. The number of carbonyl (C=O) groups excluding carboxylic acids is 1. The fourth-order valence-electron chi connectivity index (χ4n) is 1.94. The third-order valence-corrected chi connectivity index (χ3v) is 3.03. The molecule has 0 spiro atoms. The first-order valence-electron chi connectivity index (χ1n) is 7.24. The molecule has 0 saturated carbocycles. The molecule has 1 rings (SSSR count). The van der Waals surface area contributed by atoms with Crippen LogP contribution in [0.2, 0.25) is 0 Å². The van der Waals surface area contributed by atoms with Gasteiger partial charge in [-0.1, -0.05) is 25.0 Å². The number of rotatable bonds is 4. The van der Waals surface area contributed by atoms with Crippen molar-refractivity contribution in [2.45, 2.75) is 26.1 Å². The maximum absolute atomic E-state index is 12.9. The first-order chi connectivity index (χ1) is 11.6. The van der Waals surface area contributed by atoms with E-state index in [1.807, 2.05) is 0 Å². The second kappa shape index (κ2) is 8.24. The van der Waals surface area contributed by atoms with Gasteiger partial charge in [0.1, 0.15) is 0 Å². The Morgan fingerprint density at radius 1 is 1.40 bits per heavy atom. The number of halogens is 3. The number of allylic oxidation sites excluding steroid dienone is 1. The van der Waals surface area contributed by atoms with Gasteiger partial charge in [0, 0.05) is 12.6 Å². The number of imidazole rings is 1. The number of amides is 2. The van der Waals surface area contributed by atoms with E-state index in [1.54, 1.807) is 13.8 Å². The Morgan fingerprint density at radius 3 is 2.56 bits per heavy atom. The number of urea groups is 1. The van der Waals surface area contributed by atoms with Gasteiger partial charge in [-0.15, -0.1) is 0 Å². The standard InChI is InChI=1S/C17H19F3N4O/c1-6-13-14(24(5)15(23-13)17(18,19)20)10-11(3)8-9-12(4)22-16(25)21-7-2/h6-7,10,12H,1-2H2,3-5H3,(H2,21,22,25)/b11-10+. The number of hydrogen-bond acceptors (Lipinski definition) is 2. The molecular weight excluding hydrogens is 333 g/mol. The molecule has 5 nitrogen and oxygen atoms in total. The molecule has 0 radical (unpaired) electrons. The average Bonchev–Trinajstić information content (AvgIpc) is 2.82. The Kier molecular flexibility index (Phi) is 6.62. The van der Waals surface area contributed by atoms with E-state index in [4.69, 9.17) is 0 Å².